The Morgan fingerprint density at radius 2 is 1.57 bits per heavy atom. The number of phenolic OH excluding ortho intramolecular Hbond substituents is 3. The molecule has 2 rings (SSSR count). The topological polar surface area (TPSA) is 140 Å². The van der Waals surface area contributed by atoms with Crippen LogP contribution in [0.1, 0.15) is 0 Å². The molecule has 0 heterocycles. The van der Waals surface area contributed by atoms with Gasteiger partial charge in [-0.1, -0.05) is 11.6 Å². The first-order valence-electron chi connectivity index (χ1n) is 5.62. The maximum atomic E-state index is 11.1. The zero-order valence-corrected chi connectivity index (χ0v) is 12.2. The van der Waals surface area contributed by atoms with E-state index in [-0.39, 0.29) is 57.5 Å². The van der Waals surface area contributed by atoms with Crippen molar-refractivity contribution in [3.05, 3.63) is 35.4 Å². The van der Waals surface area contributed by atoms with Crippen molar-refractivity contribution >= 4 is 62.7 Å². The Labute approximate surface area is 158 Å². The van der Waals surface area contributed by atoms with E-state index in [9.17, 15) is 18.6 Å². The molecule has 0 atom stereocenters. The summed E-state index contributed by atoms with van der Waals surface area (Å²) in [5.74, 6) is -1.40. The van der Waals surface area contributed by atoms with Crippen LogP contribution in [0.3, 0.4) is 0 Å². The molecule has 4 N–H and O–H groups in total. The molecule has 0 aromatic heterocycles. The zero-order valence-electron chi connectivity index (χ0n) is 10.7. The predicted octanol–water partition coefficient (Wildman–Crippen LogP) is 2.47. The van der Waals surface area contributed by atoms with Gasteiger partial charge in [0.05, 0.1) is 0 Å². The van der Waals surface area contributed by atoms with Gasteiger partial charge in [-0.2, -0.15) is 8.42 Å². The van der Waals surface area contributed by atoms with Crippen molar-refractivity contribution in [1.82, 2.24) is 0 Å². The number of hydrogen-bond acceptors (Lipinski definition) is 7. The number of benzene rings is 2. The van der Waals surface area contributed by atoms with Gasteiger partial charge in [0.1, 0.15) is 27.8 Å². The van der Waals surface area contributed by atoms with E-state index in [2.05, 4.69) is 10.2 Å². The van der Waals surface area contributed by atoms with Crippen molar-refractivity contribution in [3.63, 3.8) is 0 Å². The molecule has 23 heavy (non-hydrogen) atoms. The van der Waals surface area contributed by atoms with Gasteiger partial charge in [-0.15, -0.1) is 10.2 Å². The first-order chi connectivity index (χ1) is 10.2. The van der Waals surface area contributed by atoms with Crippen molar-refractivity contribution in [2.24, 2.45) is 10.2 Å². The van der Waals surface area contributed by atoms with Gasteiger partial charge in [0.2, 0.25) is 0 Å². The molecule has 0 unspecified atom stereocenters. The molecule has 0 amide bonds. The van der Waals surface area contributed by atoms with E-state index >= 15 is 0 Å². The Bertz CT molecular complexity index is 872. The fraction of sp³-hybridized carbons (Fsp3) is 0. The Morgan fingerprint density at radius 3 is 2.13 bits per heavy atom. The summed E-state index contributed by atoms with van der Waals surface area (Å²) in [6, 6.07) is 5.49. The van der Waals surface area contributed by atoms with Crippen molar-refractivity contribution in [3.8, 4) is 17.2 Å². The SMILES string of the molecule is O=S(=O)(O)c1cc(Cl)cc(N=Nc2ccc(O)cc2O)c1O.[NaH]. The van der Waals surface area contributed by atoms with Crippen molar-refractivity contribution in [2.75, 3.05) is 0 Å². The minimum atomic E-state index is -4.69. The van der Waals surface area contributed by atoms with E-state index in [4.69, 9.17) is 21.3 Å². The molecule has 0 aliphatic rings. The third-order valence-electron chi connectivity index (χ3n) is 2.52. The monoisotopic (exact) mass is 368 g/mol. The number of aromatic hydroxyl groups is 3. The Morgan fingerprint density at radius 1 is 0.957 bits per heavy atom. The molecule has 11 heteroatoms. The second-order valence-corrected chi connectivity index (χ2v) is 5.95. The molecule has 0 aliphatic heterocycles. The minimum absolute atomic E-state index is 0. The van der Waals surface area contributed by atoms with Crippen LogP contribution in [0.25, 0.3) is 0 Å². The number of phenols is 3. The molecule has 0 bridgehead atoms. The normalized spacial score (nSPS) is 11.4. The second kappa shape index (κ2) is 7.47. The van der Waals surface area contributed by atoms with E-state index in [0.717, 1.165) is 18.2 Å². The van der Waals surface area contributed by atoms with Gasteiger partial charge in [-0.25, -0.2) is 0 Å². The molecule has 0 saturated carbocycles. The summed E-state index contributed by atoms with van der Waals surface area (Å²) in [7, 11) is -4.69. The fourth-order valence-corrected chi connectivity index (χ4v) is 2.44. The van der Waals surface area contributed by atoms with Crippen LogP contribution in [0.4, 0.5) is 11.4 Å². The van der Waals surface area contributed by atoms with E-state index in [0.29, 0.717) is 0 Å². The molecule has 8 nitrogen and oxygen atoms in total. The number of azo groups is 1. The summed E-state index contributed by atoms with van der Waals surface area (Å²) in [5.41, 5.74) is -0.363. The molecule has 0 radical (unpaired) electrons. The van der Waals surface area contributed by atoms with Gasteiger partial charge in [0, 0.05) is 11.1 Å². The zero-order chi connectivity index (χ0) is 16.5. The average Bonchev–Trinajstić information content (AvgIpc) is 2.39. The first-order valence-corrected chi connectivity index (χ1v) is 7.44. The predicted molar refractivity (Wildman–Crippen MR) is 84.0 cm³/mol. The number of hydrogen-bond donors (Lipinski definition) is 4. The number of rotatable bonds is 3. The summed E-state index contributed by atoms with van der Waals surface area (Å²) in [4.78, 5) is -0.816. The van der Waals surface area contributed by atoms with Crippen LogP contribution < -0.4 is 0 Å². The first kappa shape index (κ1) is 19.7. The molecule has 0 saturated heterocycles. The maximum absolute atomic E-state index is 11.1. The quantitative estimate of drug-likeness (QED) is 0.372. The van der Waals surface area contributed by atoms with Crippen LogP contribution in [-0.4, -0.2) is 57.8 Å². The van der Waals surface area contributed by atoms with Gasteiger partial charge in [0.15, 0.2) is 5.75 Å². The summed E-state index contributed by atoms with van der Waals surface area (Å²) in [5, 5.41) is 35.6. The Hall–Kier alpha value is -1.36. The van der Waals surface area contributed by atoms with E-state index in [1.54, 1.807) is 0 Å². The second-order valence-electron chi connectivity index (χ2n) is 4.12. The van der Waals surface area contributed by atoms with Crippen LogP contribution in [0.5, 0.6) is 17.2 Å². The Kier molecular flexibility index (Phi) is 6.40. The molecule has 0 aliphatic carbocycles. The summed E-state index contributed by atoms with van der Waals surface area (Å²) in [6.07, 6.45) is 0. The summed E-state index contributed by atoms with van der Waals surface area (Å²) < 4.78 is 31.2. The fourth-order valence-electron chi connectivity index (χ4n) is 1.54. The number of nitrogens with zero attached hydrogens (tertiary/aromatic N) is 2. The molecule has 118 valence electrons. The van der Waals surface area contributed by atoms with Gasteiger partial charge in [-0.05, 0) is 24.3 Å². The standard InChI is InChI=1S/C12H9ClN2O6S.Na.H/c13-6-3-9(12(18)11(4-6)22(19,20)21)15-14-8-2-1-7(16)5-10(8)17;;/h1-5,16-18H,(H,19,20,21);;. The van der Waals surface area contributed by atoms with E-state index < -0.39 is 20.8 Å². The third kappa shape index (κ3) is 4.80. The van der Waals surface area contributed by atoms with Crippen LogP contribution in [-0.2, 0) is 10.1 Å². The molecular formula is C12H10ClN2NaO6S. The molecule has 2 aromatic carbocycles. The molecular weight excluding hydrogens is 359 g/mol. The van der Waals surface area contributed by atoms with Crippen LogP contribution in [0, 0.1) is 0 Å². The summed E-state index contributed by atoms with van der Waals surface area (Å²) >= 11 is 5.69. The van der Waals surface area contributed by atoms with Crippen molar-refractivity contribution in [2.45, 2.75) is 4.90 Å². The molecule has 0 spiro atoms. The van der Waals surface area contributed by atoms with E-state index in [1.807, 2.05) is 0 Å². The van der Waals surface area contributed by atoms with Gasteiger partial charge < -0.3 is 15.3 Å². The van der Waals surface area contributed by atoms with E-state index in [1.165, 1.54) is 12.1 Å². The van der Waals surface area contributed by atoms with Crippen LogP contribution in [0.2, 0.25) is 5.02 Å². The van der Waals surface area contributed by atoms with Crippen LogP contribution >= 0.6 is 11.6 Å². The summed E-state index contributed by atoms with van der Waals surface area (Å²) in [6.45, 7) is 0. The third-order valence-corrected chi connectivity index (χ3v) is 3.61. The number of halogens is 1. The van der Waals surface area contributed by atoms with Crippen molar-refractivity contribution < 1.29 is 28.3 Å². The van der Waals surface area contributed by atoms with Crippen LogP contribution in [0.15, 0.2) is 45.5 Å². The molecule has 2 aromatic rings. The molecule has 0 fully saturated rings. The van der Waals surface area contributed by atoms with Gasteiger partial charge in [-0.3, -0.25) is 4.55 Å². The van der Waals surface area contributed by atoms with Gasteiger partial charge in [0.25, 0.3) is 10.1 Å². The van der Waals surface area contributed by atoms with Gasteiger partial charge >= 0.3 is 29.6 Å². The van der Waals surface area contributed by atoms with Crippen molar-refractivity contribution in [1.29, 1.82) is 0 Å². The Balaban J connectivity index is 0.00000264. The average molecular weight is 369 g/mol.